The van der Waals surface area contributed by atoms with Crippen LogP contribution >= 0.6 is 11.6 Å². The van der Waals surface area contributed by atoms with Crippen molar-refractivity contribution < 1.29 is 9.84 Å². The molecule has 0 saturated carbocycles. The fourth-order valence-electron chi connectivity index (χ4n) is 0.827. The lowest BCUT2D eigenvalue weighted by Crippen LogP contribution is -2.01. The molecule has 0 saturated heterocycles. The van der Waals surface area contributed by atoms with Gasteiger partial charge in [0.05, 0.1) is 6.61 Å². The number of hydrogen-bond donors (Lipinski definition) is 1. The van der Waals surface area contributed by atoms with Gasteiger partial charge in [0.25, 0.3) is 0 Å². The molecule has 1 aromatic rings. The van der Waals surface area contributed by atoms with Crippen molar-refractivity contribution in [3.63, 3.8) is 0 Å². The standard InChI is InChI=1S/C9H11ClO2/c1-7-2-3-8(6-9(7)10)12-5-4-11/h2-3,6,11H,4-5H2,1H3. The van der Waals surface area contributed by atoms with E-state index in [2.05, 4.69) is 0 Å². The van der Waals surface area contributed by atoms with E-state index in [0.29, 0.717) is 17.4 Å². The van der Waals surface area contributed by atoms with E-state index in [1.165, 1.54) is 0 Å². The minimum absolute atomic E-state index is 0.0193. The second kappa shape index (κ2) is 4.33. The van der Waals surface area contributed by atoms with Gasteiger partial charge in [-0.1, -0.05) is 17.7 Å². The van der Waals surface area contributed by atoms with E-state index in [4.69, 9.17) is 21.4 Å². The third kappa shape index (κ3) is 2.40. The molecule has 0 heterocycles. The molecule has 0 bridgehead atoms. The molecule has 0 unspecified atom stereocenters. The van der Waals surface area contributed by atoms with Crippen molar-refractivity contribution in [2.45, 2.75) is 6.92 Å². The van der Waals surface area contributed by atoms with Crippen LogP contribution in [0.1, 0.15) is 5.56 Å². The number of aliphatic hydroxyl groups is 1. The zero-order chi connectivity index (χ0) is 8.97. The molecule has 3 heteroatoms. The van der Waals surface area contributed by atoms with Crippen LogP contribution in [0.15, 0.2) is 18.2 Å². The largest absolute Gasteiger partial charge is 0.491 e. The Kier molecular flexibility index (Phi) is 3.38. The summed E-state index contributed by atoms with van der Waals surface area (Å²) in [6.07, 6.45) is 0. The second-order valence-corrected chi connectivity index (χ2v) is 2.89. The fourth-order valence-corrected chi connectivity index (χ4v) is 0.997. The molecule has 0 aromatic heterocycles. The highest BCUT2D eigenvalue weighted by Gasteiger charge is 1.97. The van der Waals surface area contributed by atoms with E-state index < -0.39 is 0 Å². The summed E-state index contributed by atoms with van der Waals surface area (Å²) >= 11 is 5.85. The maximum absolute atomic E-state index is 8.49. The summed E-state index contributed by atoms with van der Waals surface area (Å²) in [7, 11) is 0. The van der Waals surface area contributed by atoms with Gasteiger partial charge in [-0.3, -0.25) is 0 Å². The molecule has 0 fully saturated rings. The molecule has 0 aliphatic heterocycles. The maximum atomic E-state index is 8.49. The van der Waals surface area contributed by atoms with Gasteiger partial charge in [0.1, 0.15) is 12.4 Å². The van der Waals surface area contributed by atoms with Crippen LogP contribution in [-0.4, -0.2) is 18.3 Å². The summed E-state index contributed by atoms with van der Waals surface area (Å²) in [5, 5.41) is 9.18. The van der Waals surface area contributed by atoms with Gasteiger partial charge in [0, 0.05) is 5.02 Å². The first-order chi connectivity index (χ1) is 5.74. The van der Waals surface area contributed by atoms with E-state index in [9.17, 15) is 0 Å². The summed E-state index contributed by atoms with van der Waals surface area (Å²) in [5.74, 6) is 0.694. The molecular weight excluding hydrogens is 176 g/mol. The first-order valence-corrected chi connectivity index (χ1v) is 4.11. The van der Waals surface area contributed by atoms with Gasteiger partial charge in [-0.25, -0.2) is 0 Å². The number of hydrogen-bond acceptors (Lipinski definition) is 2. The summed E-state index contributed by atoms with van der Waals surface area (Å²) in [5.41, 5.74) is 1.02. The lowest BCUT2D eigenvalue weighted by atomic mass is 10.2. The number of ether oxygens (including phenoxy) is 1. The first kappa shape index (κ1) is 9.36. The number of aliphatic hydroxyl groups excluding tert-OH is 1. The Morgan fingerprint density at radius 2 is 2.25 bits per heavy atom. The van der Waals surface area contributed by atoms with Gasteiger partial charge in [-0.05, 0) is 24.6 Å². The minimum Gasteiger partial charge on any atom is -0.491 e. The molecular formula is C9H11ClO2. The van der Waals surface area contributed by atoms with Crippen molar-refractivity contribution in [2.75, 3.05) is 13.2 Å². The lowest BCUT2D eigenvalue weighted by molar-refractivity contribution is 0.201. The van der Waals surface area contributed by atoms with Crippen LogP contribution in [0.25, 0.3) is 0 Å². The highest BCUT2D eigenvalue weighted by molar-refractivity contribution is 6.31. The van der Waals surface area contributed by atoms with Crippen molar-refractivity contribution in [3.05, 3.63) is 28.8 Å². The van der Waals surface area contributed by atoms with Crippen molar-refractivity contribution in [1.29, 1.82) is 0 Å². The van der Waals surface area contributed by atoms with Crippen LogP contribution in [0.2, 0.25) is 5.02 Å². The van der Waals surface area contributed by atoms with E-state index in [-0.39, 0.29) is 6.61 Å². The Balaban J connectivity index is 2.69. The third-order valence-corrected chi connectivity index (χ3v) is 1.91. The predicted molar refractivity (Wildman–Crippen MR) is 48.8 cm³/mol. The molecule has 0 spiro atoms. The van der Waals surface area contributed by atoms with E-state index >= 15 is 0 Å². The fraction of sp³-hybridized carbons (Fsp3) is 0.333. The molecule has 1 aromatic carbocycles. The Morgan fingerprint density at radius 3 is 2.83 bits per heavy atom. The van der Waals surface area contributed by atoms with Crippen molar-refractivity contribution in [1.82, 2.24) is 0 Å². The Hall–Kier alpha value is -0.730. The van der Waals surface area contributed by atoms with E-state index in [1.807, 2.05) is 19.1 Å². The van der Waals surface area contributed by atoms with Crippen LogP contribution < -0.4 is 4.74 Å². The quantitative estimate of drug-likeness (QED) is 0.783. The number of aryl methyl sites for hydroxylation is 1. The zero-order valence-corrected chi connectivity index (χ0v) is 7.64. The molecule has 0 aliphatic rings. The van der Waals surface area contributed by atoms with E-state index in [0.717, 1.165) is 5.56 Å². The van der Waals surface area contributed by atoms with Gasteiger partial charge < -0.3 is 9.84 Å². The Bertz CT molecular complexity index is 261. The first-order valence-electron chi connectivity index (χ1n) is 3.74. The van der Waals surface area contributed by atoms with Gasteiger partial charge in [0.15, 0.2) is 0 Å². The van der Waals surface area contributed by atoms with E-state index in [1.54, 1.807) is 6.07 Å². The van der Waals surface area contributed by atoms with Crippen molar-refractivity contribution in [2.24, 2.45) is 0 Å². The Morgan fingerprint density at radius 1 is 1.50 bits per heavy atom. The summed E-state index contributed by atoms with van der Waals surface area (Å²) < 4.78 is 5.16. The highest BCUT2D eigenvalue weighted by Crippen LogP contribution is 2.21. The normalized spacial score (nSPS) is 9.92. The minimum atomic E-state index is 0.0193. The number of halogens is 1. The van der Waals surface area contributed by atoms with Crippen LogP contribution in [0.3, 0.4) is 0 Å². The lowest BCUT2D eigenvalue weighted by Gasteiger charge is -2.05. The summed E-state index contributed by atoms with van der Waals surface area (Å²) in [6.45, 7) is 2.25. The Labute approximate surface area is 76.7 Å². The van der Waals surface area contributed by atoms with Crippen LogP contribution in [0, 0.1) is 6.92 Å². The number of rotatable bonds is 3. The molecule has 2 nitrogen and oxygen atoms in total. The molecule has 0 atom stereocenters. The smallest absolute Gasteiger partial charge is 0.120 e. The molecule has 0 radical (unpaired) electrons. The summed E-state index contributed by atoms with van der Waals surface area (Å²) in [6, 6.07) is 5.46. The van der Waals surface area contributed by atoms with Crippen LogP contribution in [0.4, 0.5) is 0 Å². The molecule has 0 aliphatic carbocycles. The maximum Gasteiger partial charge on any atom is 0.120 e. The third-order valence-electron chi connectivity index (χ3n) is 1.50. The van der Waals surface area contributed by atoms with Gasteiger partial charge in [-0.2, -0.15) is 0 Å². The summed E-state index contributed by atoms with van der Waals surface area (Å²) in [4.78, 5) is 0. The molecule has 0 amide bonds. The molecule has 66 valence electrons. The van der Waals surface area contributed by atoms with Crippen molar-refractivity contribution in [3.8, 4) is 5.75 Å². The molecule has 12 heavy (non-hydrogen) atoms. The average Bonchev–Trinajstić information content (AvgIpc) is 2.07. The molecule has 1 rings (SSSR count). The van der Waals surface area contributed by atoms with Gasteiger partial charge in [-0.15, -0.1) is 0 Å². The average molecular weight is 187 g/mol. The van der Waals surface area contributed by atoms with Gasteiger partial charge in [0.2, 0.25) is 0 Å². The van der Waals surface area contributed by atoms with Crippen LogP contribution in [-0.2, 0) is 0 Å². The molecule has 1 N–H and O–H groups in total. The SMILES string of the molecule is Cc1ccc(OCCO)cc1Cl. The zero-order valence-electron chi connectivity index (χ0n) is 6.88. The van der Waals surface area contributed by atoms with Crippen molar-refractivity contribution >= 4 is 11.6 Å². The second-order valence-electron chi connectivity index (χ2n) is 2.48. The number of benzene rings is 1. The van der Waals surface area contributed by atoms with Crippen LogP contribution in [0.5, 0.6) is 5.75 Å². The van der Waals surface area contributed by atoms with Gasteiger partial charge >= 0.3 is 0 Å². The predicted octanol–water partition coefficient (Wildman–Crippen LogP) is 2.02. The monoisotopic (exact) mass is 186 g/mol. The highest BCUT2D eigenvalue weighted by atomic mass is 35.5. The topological polar surface area (TPSA) is 29.5 Å².